The Kier molecular flexibility index (Phi) is 3.78. The molecule has 1 fully saturated rings. The molecule has 0 bridgehead atoms. The number of fused-ring (bicyclic) bond motifs is 1. The van der Waals surface area contributed by atoms with E-state index in [0.717, 1.165) is 10.0 Å². The lowest BCUT2D eigenvalue weighted by Crippen LogP contribution is -2.61. The van der Waals surface area contributed by atoms with Crippen molar-refractivity contribution in [1.82, 2.24) is 9.80 Å². The van der Waals surface area contributed by atoms with Gasteiger partial charge in [0, 0.05) is 40.9 Å². The van der Waals surface area contributed by atoms with Crippen LogP contribution in [0.15, 0.2) is 16.6 Å². The van der Waals surface area contributed by atoms with Crippen molar-refractivity contribution in [2.45, 2.75) is 39.0 Å². The molecule has 23 heavy (non-hydrogen) atoms. The van der Waals surface area contributed by atoms with Crippen molar-refractivity contribution in [2.75, 3.05) is 18.8 Å². The number of halogens is 1. The zero-order valence-electron chi connectivity index (χ0n) is 13.4. The first-order valence-electron chi connectivity index (χ1n) is 7.52. The number of amides is 2. The largest absolute Gasteiger partial charge is 0.444 e. The van der Waals surface area contributed by atoms with E-state index < -0.39 is 5.60 Å². The highest BCUT2D eigenvalue weighted by Gasteiger charge is 2.42. The van der Waals surface area contributed by atoms with Gasteiger partial charge in [-0.15, -0.1) is 0 Å². The third-order valence-corrected chi connectivity index (χ3v) is 4.48. The SMILES string of the molecule is CC(C)(C)OC(=O)N1CC(N2Cc3c(N)cc(Br)cc3C2=O)C1. The summed E-state index contributed by atoms with van der Waals surface area (Å²) >= 11 is 3.37. The van der Waals surface area contributed by atoms with Crippen LogP contribution in [0.5, 0.6) is 0 Å². The van der Waals surface area contributed by atoms with Gasteiger partial charge in [-0.2, -0.15) is 0 Å². The Morgan fingerprint density at radius 3 is 2.61 bits per heavy atom. The lowest BCUT2D eigenvalue weighted by molar-refractivity contribution is -0.0125. The third-order valence-electron chi connectivity index (χ3n) is 4.02. The Bertz CT molecular complexity index is 678. The van der Waals surface area contributed by atoms with Crippen LogP contribution < -0.4 is 5.73 Å². The minimum atomic E-state index is -0.511. The Hall–Kier alpha value is -1.76. The van der Waals surface area contributed by atoms with Crippen LogP contribution in [0.3, 0.4) is 0 Å². The molecule has 2 amide bonds. The molecular formula is C16H20BrN3O3. The lowest BCUT2D eigenvalue weighted by Gasteiger charge is -2.43. The minimum Gasteiger partial charge on any atom is -0.444 e. The van der Waals surface area contributed by atoms with Gasteiger partial charge in [0.2, 0.25) is 0 Å². The van der Waals surface area contributed by atoms with Gasteiger partial charge in [-0.3, -0.25) is 4.79 Å². The van der Waals surface area contributed by atoms with Crippen LogP contribution in [-0.4, -0.2) is 46.5 Å². The van der Waals surface area contributed by atoms with Crippen molar-refractivity contribution in [3.05, 3.63) is 27.7 Å². The van der Waals surface area contributed by atoms with E-state index in [4.69, 9.17) is 10.5 Å². The molecule has 2 heterocycles. The topological polar surface area (TPSA) is 75.9 Å². The van der Waals surface area contributed by atoms with Crippen LogP contribution in [0.1, 0.15) is 36.7 Å². The average Bonchev–Trinajstić information content (AvgIpc) is 2.64. The zero-order chi connectivity index (χ0) is 16.9. The fraction of sp³-hybridized carbons (Fsp3) is 0.500. The molecule has 0 spiro atoms. The average molecular weight is 382 g/mol. The van der Waals surface area contributed by atoms with Crippen molar-refractivity contribution in [1.29, 1.82) is 0 Å². The normalized spacial score (nSPS) is 18.0. The Morgan fingerprint density at radius 2 is 2.00 bits per heavy atom. The predicted octanol–water partition coefficient (Wildman–Crippen LogP) is 2.61. The highest BCUT2D eigenvalue weighted by molar-refractivity contribution is 9.10. The number of nitrogens with two attached hydrogens (primary N) is 1. The number of nitrogens with zero attached hydrogens (tertiary/aromatic N) is 2. The summed E-state index contributed by atoms with van der Waals surface area (Å²) in [6.45, 7) is 7.00. The van der Waals surface area contributed by atoms with E-state index in [0.29, 0.717) is 30.9 Å². The number of anilines is 1. The van der Waals surface area contributed by atoms with Gasteiger partial charge in [-0.25, -0.2) is 4.79 Å². The molecule has 0 aromatic heterocycles. The van der Waals surface area contributed by atoms with E-state index in [2.05, 4.69) is 15.9 Å². The van der Waals surface area contributed by atoms with Crippen molar-refractivity contribution in [3.63, 3.8) is 0 Å². The molecule has 0 saturated carbocycles. The number of ether oxygens (including phenoxy) is 1. The van der Waals surface area contributed by atoms with E-state index in [1.807, 2.05) is 26.8 Å². The second-order valence-corrected chi connectivity index (χ2v) is 7.91. The van der Waals surface area contributed by atoms with Crippen molar-refractivity contribution < 1.29 is 14.3 Å². The van der Waals surface area contributed by atoms with Crippen LogP contribution in [-0.2, 0) is 11.3 Å². The molecule has 1 aromatic carbocycles. The molecule has 0 aliphatic carbocycles. The van der Waals surface area contributed by atoms with Gasteiger partial charge in [0.05, 0.1) is 6.04 Å². The lowest BCUT2D eigenvalue weighted by atomic mass is 10.1. The molecule has 0 unspecified atom stereocenters. The molecule has 2 aliphatic heterocycles. The standard InChI is InChI=1S/C16H20BrN3O3/c1-16(2,3)23-15(22)19-6-10(7-19)20-8-12-11(14(20)21)4-9(17)5-13(12)18/h4-5,10H,6-8,18H2,1-3H3. The summed E-state index contributed by atoms with van der Waals surface area (Å²) in [6.07, 6.45) is -0.333. The smallest absolute Gasteiger partial charge is 0.410 e. The number of rotatable bonds is 1. The number of likely N-dealkylation sites (tertiary alicyclic amines) is 1. The van der Waals surface area contributed by atoms with Gasteiger partial charge >= 0.3 is 6.09 Å². The molecule has 0 atom stereocenters. The summed E-state index contributed by atoms with van der Waals surface area (Å²) in [5.41, 5.74) is 7.63. The molecule has 3 rings (SSSR count). The van der Waals surface area contributed by atoms with E-state index in [9.17, 15) is 9.59 Å². The van der Waals surface area contributed by atoms with Gasteiger partial charge in [0.1, 0.15) is 5.60 Å². The number of carbonyl (C=O) groups excluding carboxylic acids is 2. The van der Waals surface area contributed by atoms with Gasteiger partial charge in [0.15, 0.2) is 0 Å². The molecule has 6 nitrogen and oxygen atoms in total. The maximum Gasteiger partial charge on any atom is 0.410 e. The number of nitrogen functional groups attached to an aromatic ring is 1. The maximum atomic E-state index is 12.6. The first kappa shape index (κ1) is 16.1. The quantitative estimate of drug-likeness (QED) is 0.758. The molecule has 2 N–H and O–H groups in total. The molecule has 0 radical (unpaired) electrons. The number of hydrogen-bond acceptors (Lipinski definition) is 4. The monoisotopic (exact) mass is 381 g/mol. The van der Waals surface area contributed by atoms with Crippen LogP contribution in [0.2, 0.25) is 0 Å². The van der Waals surface area contributed by atoms with Crippen LogP contribution in [0, 0.1) is 0 Å². The minimum absolute atomic E-state index is 0.0144. The molecule has 1 aromatic rings. The highest BCUT2D eigenvalue weighted by Crippen LogP contribution is 2.34. The van der Waals surface area contributed by atoms with Crippen molar-refractivity contribution >= 4 is 33.6 Å². The molecule has 7 heteroatoms. The molecule has 2 aliphatic rings. The van der Waals surface area contributed by atoms with Crippen LogP contribution in [0.4, 0.5) is 10.5 Å². The van der Waals surface area contributed by atoms with E-state index >= 15 is 0 Å². The molecule has 124 valence electrons. The molecule has 1 saturated heterocycles. The summed E-state index contributed by atoms with van der Waals surface area (Å²) in [4.78, 5) is 27.9. The summed E-state index contributed by atoms with van der Waals surface area (Å²) in [6, 6.07) is 3.63. The fourth-order valence-electron chi connectivity index (χ4n) is 2.84. The Labute approximate surface area is 143 Å². The Balaban J connectivity index is 1.65. The fourth-order valence-corrected chi connectivity index (χ4v) is 3.32. The summed E-state index contributed by atoms with van der Waals surface area (Å²) in [5, 5.41) is 0. The Morgan fingerprint density at radius 1 is 1.35 bits per heavy atom. The maximum absolute atomic E-state index is 12.6. The summed E-state index contributed by atoms with van der Waals surface area (Å²) in [5.74, 6) is -0.0261. The predicted molar refractivity (Wildman–Crippen MR) is 90.0 cm³/mol. The third kappa shape index (κ3) is 3.02. The van der Waals surface area contributed by atoms with Gasteiger partial charge in [-0.1, -0.05) is 15.9 Å². The van der Waals surface area contributed by atoms with Gasteiger partial charge in [-0.05, 0) is 32.9 Å². The van der Waals surface area contributed by atoms with Crippen LogP contribution >= 0.6 is 15.9 Å². The summed E-state index contributed by atoms with van der Waals surface area (Å²) in [7, 11) is 0. The number of hydrogen-bond donors (Lipinski definition) is 1. The van der Waals surface area contributed by atoms with Crippen LogP contribution in [0.25, 0.3) is 0 Å². The zero-order valence-corrected chi connectivity index (χ0v) is 15.0. The number of benzene rings is 1. The first-order valence-corrected chi connectivity index (χ1v) is 8.32. The van der Waals surface area contributed by atoms with E-state index in [1.54, 1.807) is 15.9 Å². The second kappa shape index (κ2) is 5.40. The number of carbonyl (C=O) groups is 2. The van der Waals surface area contributed by atoms with Gasteiger partial charge < -0.3 is 20.3 Å². The van der Waals surface area contributed by atoms with Gasteiger partial charge in [0.25, 0.3) is 5.91 Å². The highest BCUT2D eigenvalue weighted by atomic mass is 79.9. The summed E-state index contributed by atoms with van der Waals surface area (Å²) < 4.78 is 6.13. The first-order chi connectivity index (χ1) is 10.7. The van der Waals surface area contributed by atoms with E-state index in [-0.39, 0.29) is 18.0 Å². The van der Waals surface area contributed by atoms with E-state index in [1.165, 1.54) is 0 Å². The second-order valence-electron chi connectivity index (χ2n) is 6.99. The van der Waals surface area contributed by atoms with Crippen molar-refractivity contribution in [3.8, 4) is 0 Å². The van der Waals surface area contributed by atoms with Crippen molar-refractivity contribution in [2.24, 2.45) is 0 Å². The molecular weight excluding hydrogens is 362 g/mol.